The molecule has 0 atom stereocenters. The predicted molar refractivity (Wildman–Crippen MR) is 124 cm³/mol. The lowest BCUT2D eigenvalue weighted by Crippen LogP contribution is -2.29. The molecule has 9 nitrogen and oxygen atoms in total. The standard InChI is InChI=1S/C24H25ClN4O5/c1-14-10-15(13-26-21(14)33-19-8-6-16(7-9-19)23(31)32-2)11-20(30)22-28-29-24(34-22)27-18-5-3-4-17(25)12-18/h3-5,10,12-13,16,19H,6-9,11H2,1-2H3,(H,27,29). The maximum absolute atomic E-state index is 12.6. The van der Waals surface area contributed by atoms with Gasteiger partial charge in [0, 0.05) is 28.9 Å². The molecular formula is C24H25ClN4O5. The summed E-state index contributed by atoms with van der Waals surface area (Å²) in [7, 11) is 1.42. The second-order valence-electron chi connectivity index (χ2n) is 8.23. The molecule has 0 saturated heterocycles. The molecule has 0 amide bonds. The van der Waals surface area contributed by atoms with E-state index < -0.39 is 0 Å². The first-order valence-corrected chi connectivity index (χ1v) is 11.4. The summed E-state index contributed by atoms with van der Waals surface area (Å²) in [6.07, 6.45) is 4.69. The second-order valence-corrected chi connectivity index (χ2v) is 8.66. The van der Waals surface area contributed by atoms with Crippen LogP contribution in [0.2, 0.25) is 5.02 Å². The Morgan fingerprint density at radius 2 is 1.97 bits per heavy atom. The Labute approximate surface area is 201 Å². The van der Waals surface area contributed by atoms with Crippen LogP contribution in [0.4, 0.5) is 11.7 Å². The molecule has 0 bridgehead atoms. The van der Waals surface area contributed by atoms with Crippen molar-refractivity contribution in [3.8, 4) is 5.88 Å². The number of hydrogen-bond donors (Lipinski definition) is 1. The number of ketones is 1. The van der Waals surface area contributed by atoms with Crippen LogP contribution in [-0.2, 0) is 16.0 Å². The van der Waals surface area contributed by atoms with Crippen molar-refractivity contribution >= 4 is 35.1 Å². The molecule has 178 valence electrons. The third-order valence-electron chi connectivity index (χ3n) is 5.68. The van der Waals surface area contributed by atoms with E-state index in [1.165, 1.54) is 7.11 Å². The van der Waals surface area contributed by atoms with Gasteiger partial charge in [-0.15, -0.1) is 5.10 Å². The molecule has 34 heavy (non-hydrogen) atoms. The number of methoxy groups -OCH3 is 1. The van der Waals surface area contributed by atoms with Gasteiger partial charge in [0.05, 0.1) is 13.0 Å². The molecule has 4 rings (SSSR count). The Morgan fingerprint density at radius 1 is 1.18 bits per heavy atom. The molecule has 2 heterocycles. The molecule has 0 spiro atoms. The van der Waals surface area contributed by atoms with E-state index in [1.54, 1.807) is 30.5 Å². The fourth-order valence-electron chi connectivity index (χ4n) is 3.92. The predicted octanol–water partition coefficient (Wildman–Crippen LogP) is 4.71. The van der Waals surface area contributed by atoms with Gasteiger partial charge in [-0.25, -0.2) is 4.98 Å². The van der Waals surface area contributed by atoms with Crippen molar-refractivity contribution in [3.05, 3.63) is 58.6 Å². The molecule has 1 aromatic carbocycles. The third kappa shape index (κ3) is 5.91. The zero-order valence-electron chi connectivity index (χ0n) is 18.9. The molecule has 1 N–H and O–H groups in total. The number of ether oxygens (including phenoxy) is 2. The Bertz CT molecular complexity index is 1170. The fraction of sp³-hybridized carbons (Fsp3) is 0.375. The Balaban J connectivity index is 1.32. The number of esters is 1. The quantitative estimate of drug-likeness (QED) is 0.358. The number of aryl methyl sites for hydroxylation is 1. The maximum atomic E-state index is 12.6. The highest BCUT2D eigenvalue weighted by Crippen LogP contribution is 2.29. The molecule has 3 aromatic rings. The summed E-state index contributed by atoms with van der Waals surface area (Å²) < 4.78 is 16.3. The second kappa shape index (κ2) is 10.6. The summed E-state index contributed by atoms with van der Waals surface area (Å²) in [6, 6.07) is 8.99. The van der Waals surface area contributed by atoms with Crippen LogP contribution in [0, 0.1) is 12.8 Å². The monoisotopic (exact) mass is 484 g/mol. The van der Waals surface area contributed by atoms with Gasteiger partial charge < -0.3 is 19.2 Å². The number of halogens is 1. The topological polar surface area (TPSA) is 116 Å². The van der Waals surface area contributed by atoms with Gasteiger partial charge in [-0.2, -0.15) is 0 Å². The average molecular weight is 485 g/mol. The van der Waals surface area contributed by atoms with Crippen molar-refractivity contribution < 1.29 is 23.5 Å². The number of carbonyl (C=O) groups is 2. The maximum Gasteiger partial charge on any atom is 0.320 e. The molecule has 1 aliphatic rings. The summed E-state index contributed by atoms with van der Waals surface area (Å²) in [5, 5.41) is 11.2. The highest BCUT2D eigenvalue weighted by atomic mass is 35.5. The third-order valence-corrected chi connectivity index (χ3v) is 5.91. The number of hydrogen-bond acceptors (Lipinski definition) is 9. The first-order valence-electron chi connectivity index (χ1n) is 11.0. The molecular weight excluding hydrogens is 460 g/mol. The number of benzene rings is 1. The molecule has 0 unspecified atom stereocenters. The first-order chi connectivity index (χ1) is 16.4. The van der Waals surface area contributed by atoms with Crippen LogP contribution in [0.1, 0.15) is 47.5 Å². The Hall–Kier alpha value is -3.46. The van der Waals surface area contributed by atoms with Crippen LogP contribution < -0.4 is 10.1 Å². The molecule has 2 aromatic heterocycles. The van der Waals surface area contributed by atoms with Crippen molar-refractivity contribution in [1.82, 2.24) is 15.2 Å². The first kappa shape index (κ1) is 23.7. The van der Waals surface area contributed by atoms with Crippen LogP contribution >= 0.6 is 11.6 Å². The van der Waals surface area contributed by atoms with E-state index in [1.807, 2.05) is 13.0 Å². The summed E-state index contributed by atoms with van der Waals surface area (Å²) in [5.41, 5.74) is 2.21. The minimum atomic E-state index is -0.317. The van der Waals surface area contributed by atoms with Crippen LogP contribution in [0.5, 0.6) is 5.88 Å². The Kier molecular flexibility index (Phi) is 7.42. The lowest BCUT2D eigenvalue weighted by atomic mass is 9.87. The molecule has 0 radical (unpaired) electrons. The highest BCUT2D eigenvalue weighted by Gasteiger charge is 2.28. The van der Waals surface area contributed by atoms with E-state index in [0.29, 0.717) is 22.2 Å². The van der Waals surface area contributed by atoms with E-state index in [2.05, 4.69) is 20.5 Å². The van der Waals surface area contributed by atoms with Crippen LogP contribution in [0.15, 0.2) is 40.9 Å². The van der Waals surface area contributed by atoms with Crippen molar-refractivity contribution in [3.63, 3.8) is 0 Å². The number of nitrogens with zero attached hydrogens (tertiary/aromatic N) is 3. The van der Waals surface area contributed by atoms with Gasteiger partial charge >= 0.3 is 12.0 Å². The van der Waals surface area contributed by atoms with E-state index >= 15 is 0 Å². The normalized spacial score (nSPS) is 17.7. The highest BCUT2D eigenvalue weighted by molar-refractivity contribution is 6.30. The van der Waals surface area contributed by atoms with Crippen molar-refractivity contribution in [2.24, 2.45) is 5.92 Å². The largest absolute Gasteiger partial charge is 0.474 e. The zero-order chi connectivity index (χ0) is 24.1. The zero-order valence-corrected chi connectivity index (χ0v) is 19.7. The molecule has 1 saturated carbocycles. The molecule has 10 heteroatoms. The summed E-state index contributed by atoms with van der Waals surface area (Å²) in [6.45, 7) is 1.89. The lowest BCUT2D eigenvalue weighted by Gasteiger charge is -2.27. The number of Topliss-reactive ketones (excluding diaryl/α,β-unsaturated/α-hetero) is 1. The fourth-order valence-corrected chi connectivity index (χ4v) is 4.11. The summed E-state index contributed by atoms with van der Waals surface area (Å²) >= 11 is 5.97. The van der Waals surface area contributed by atoms with Gasteiger partial charge in [-0.05, 0) is 62.4 Å². The summed E-state index contributed by atoms with van der Waals surface area (Å²) in [4.78, 5) is 28.7. The van der Waals surface area contributed by atoms with E-state index in [0.717, 1.165) is 31.2 Å². The van der Waals surface area contributed by atoms with Gasteiger partial charge in [0.1, 0.15) is 6.10 Å². The summed E-state index contributed by atoms with van der Waals surface area (Å²) in [5.74, 6) is -0.0929. The van der Waals surface area contributed by atoms with Crippen LogP contribution in [0.25, 0.3) is 0 Å². The van der Waals surface area contributed by atoms with E-state index in [-0.39, 0.29) is 42.1 Å². The van der Waals surface area contributed by atoms with Crippen LogP contribution in [0.3, 0.4) is 0 Å². The van der Waals surface area contributed by atoms with Gasteiger partial charge in [-0.3, -0.25) is 9.59 Å². The van der Waals surface area contributed by atoms with Crippen molar-refractivity contribution in [2.45, 2.75) is 45.1 Å². The minimum Gasteiger partial charge on any atom is -0.474 e. The number of pyridine rings is 1. The van der Waals surface area contributed by atoms with Gasteiger partial charge in [0.15, 0.2) is 0 Å². The van der Waals surface area contributed by atoms with Crippen molar-refractivity contribution in [1.29, 1.82) is 0 Å². The van der Waals surface area contributed by atoms with Gasteiger partial charge in [-0.1, -0.05) is 22.8 Å². The Morgan fingerprint density at radius 3 is 2.68 bits per heavy atom. The number of rotatable bonds is 8. The lowest BCUT2D eigenvalue weighted by molar-refractivity contribution is -0.147. The van der Waals surface area contributed by atoms with Crippen molar-refractivity contribution in [2.75, 3.05) is 12.4 Å². The number of nitrogens with one attached hydrogen (secondary N) is 1. The average Bonchev–Trinajstić information content (AvgIpc) is 3.29. The number of aromatic nitrogens is 3. The van der Waals surface area contributed by atoms with E-state index in [9.17, 15) is 9.59 Å². The number of anilines is 2. The molecule has 0 aliphatic heterocycles. The minimum absolute atomic E-state index is 0.00315. The molecule has 1 aliphatic carbocycles. The number of carbonyl (C=O) groups excluding carboxylic acids is 2. The van der Waals surface area contributed by atoms with Crippen LogP contribution in [-0.4, -0.2) is 40.1 Å². The van der Waals surface area contributed by atoms with E-state index in [4.69, 9.17) is 25.5 Å². The van der Waals surface area contributed by atoms with Gasteiger partial charge in [0.25, 0.3) is 5.89 Å². The van der Waals surface area contributed by atoms with Gasteiger partial charge in [0.2, 0.25) is 11.7 Å². The SMILES string of the molecule is COC(=O)C1CCC(Oc2ncc(CC(=O)c3nnc(Nc4cccc(Cl)c4)o3)cc2C)CC1. The smallest absolute Gasteiger partial charge is 0.320 e. The molecule has 1 fully saturated rings.